The summed E-state index contributed by atoms with van der Waals surface area (Å²) < 4.78 is 101. The van der Waals surface area contributed by atoms with Crippen LogP contribution in [0.5, 0.6) is 0 Å². The molecular weight excluding hydrogens is 667 g/mol. The zero-order valence-corrected chi connectivity index (χ0v) is 23.8. The van der Waals surface area contributed by atoms with E-state index in [4.69, 9.17) is 34.4 Å². The van der Waals surface area contributed by atoms with Crippen LogP contribution in [-0.2, 0) is 25.7 Å². The van der Waals surface area contributed by atoms with E-state index in [1.54, 1.807) is 24.7 Å². The van der Waals surface area contributed by atoms with Crippen molar-refractivity contribution in [3.63, 3.8) is 0 Å². The summed E-state index contributed by atoms with van der Waals surface area (Å²) in [7, 11) is 0. The largest absolute Gasteiger partial charge is 0.490 e. The standard InChI is InChI=1S/C20H24N4O2.3C2HF3O2/c25-19(18-4-2-8-22-14-18)24-11-12-26-20(16-24)5-9-23(10-6-20)15-17-3-1-7-21-13-17;3*3-2(4,5)1(6)7/h1-4,7-8,13-14H,5-6,9-12,15-16H2;3*(H,6,7). The van der Waals surface area contributed by atoms with Crippen LogP contribution in [-0.4, -0.2) is 116 Å². The van der Waals surface area contributed by atoms with Crippen molar-refractivity contribution in [3.8, 4) is 0 Å². The highest BCUT2D eigenvalue weighted by Crippen LogP contribution is 2.31. The molecule has 2 fully saturated rings. The summed E-state index contributed by atoms with van der Waals surface area (Å²) in [4.78, 5) is 52.1. The predicted octanol–water partition coefficient (Wildman–Crippen LogP) is 3.88. The Hall–Kier alpha value is -4.53. The van der Waals surface area contributed by atoms with E-state index in [1.165, 1.54) is 5.56 Å². The average Bonchev–Trinajstić information content (AvgIpc) is 2.99. The van der Waals surface area contributed by atoms with Crippen molar-refractivity contribution >= 4 is 23.8 Å². The molecule has 1 spiro atoms. The first-order valence-corrected chi connectivity index (χ1v) is 12.9. The number of piperidine rings is 1. The van der Waals surface area contributed by atoms with Crippen molar-refractivity contribution in [1.82, 2.24) is 19.8 Å². The second-order valence-electron chi connectivity index (χ2n) is 9.55. The van der Waals surface area contributed by atoms with Gasteiger partial charge in [-0.3, -0.25) is 19.7 Å². The second-order valence-corrected chi connectivity index (χ2v) is 9.55. The second kappa shape index (κ2) is 17.4. The fourth-order valence-electron chi connectivity index (χ4n) is 3.86. The highest BCUT2D eigenvalue weighted by atomic mass is 19.4. The lowest BCUT2D eigenvalue weighted by atomic mass is 9.89. The molecule has 2 aromatic rings. The molecular formula is C26H27F9N4O8. The van der Waals surface area contributed by atoms with Gasteiger partial charge in [0.2, 0.25) is 0 Å². The van der Waals surface area contributed by atoms with Crippen LogP contribution in [0.15, 0.2) is 49.1 Å². The minimum absolute atomic E-state index is 0.0542. The number of halogens is 9. The van der Waals surface area contributed by atoms with Gasteiger partial charge in [-0.1, -0.05) is 6.07 Å². The predicted molar refractivity (Wildman–Crippen MR) is 139 cm³/mol. The number of carbonyl (C=O) groups is 4. The van der Waals surface area contributed by atoms with Crippen LogP contribution in [0.2, 0.25) is 0 Å². The fourth-order valence-corrected chi connectivity index (χ4v) is 3.86. The summed E-state index contributed by atoms with van der Waals surface area (Å²) in [5, 5.41) is 21.4. The molecule has 2 saturated heterocycles. The molecule has 262 valence electrons. The number of amides is 1. The molecule has 47 heavy (non-hydrogen) atoms. The normalized spacial score (nSPS) is 16.2. The Labute approximate surface area is 259 Å². The number of ether oxygens (including phenoxy) is 1. The third kappa shape index (κ3) is 15.1. The van der Waals surface area contributed by atoms with Crippen molar-refractivity contribution in [2.45, 2.75) is 43.5 Å². The zero-order chi connectivity index (χ0) is 36.1. The molecule has 1 amide bonds. The summed E-state index contributed by atoms with van der Waals surface area (Å²) in [6, 6.07) is 7.73. The Morgan fingerprint density at radius 1 is 0.745 bits per heavy atom. The van der Waals surface area contributed by atoms with Crippen LogP contribution in [0, 0.1) is 0 Å². The quantitative estimate of drug-likeness (QED) is 0.399. The van der Waals surface area contributed by atoms with Crippen LogP contribution in [0.3, 0.4) is 0 Å². The van der Waals surface area contributed by atoms with Gasteiger partial charge >= 0.3 is 36.4 Å². The van der Waals surface area contributed by atoms with Crippen molar-refractivity contribution < 1.29 is 78.7 Å². The van der Waals surface area contributed by atoms with Gasteiger partial charge in [-0.05, 0) is 36.6 Å². The number of carboxylic acids is 3. The summed E-state index contributed by atoms with van der Waals surface area (Å²) in [5.41, 5.74) is 1.68. The van der Waals surface area contributed by atoms with Gasteiger partial charge in [-0.15, -0.1) is 0 Å². The molecule has 4 heterocycles. The fraction of sp³-hybridized carbons (Fsp3) is 0.462. The Morgan fingerprint density at radius 3 is 1.57 bits per heavy atom. The molecule has 0 radical (unpaired) electrons. The number of nitrogens with zero attached hydrogens (tertiary/aromatic N) is 4. The van der Waals surface area contributed by atoms with Gasteiger partial charge in [-0.2, -0.15) is 39.5 Å². The van der Waals surface area contributed by atoms with Gasteiger partial charge in [0.1, 0.15) is 0 Å². The highest BCUT2D eigenvalue weighted by molar-refractivity contribution is 5.94. The maximum absolute atomic E-state index is 12.7. The monoisotopic (exact) mass is 694 g/mol. The van der Waals surface area contributed by atoms with Crippen LogP contribution < -0.4 is 0 Å². The number of likely N-dealkylation sites (tertiary alicyclic amines) is 1. The molecule has 3 N–H and O–H groups in total. The smallest absolute Gasteiger partial charge is 0.475 e. The molecule has 2 aliphatic heterocycles. The molecule has 0 unspecified atom stereocenters. The molecule has 0 saturated carbocycles. The van der Waals surface area contributed by atoms with Crippen molar-refractivity contribution in [1.29, 1.82) is 0 Å². The van der Waals surface area contributed by atoms with Gasteiger partial charge in [0.05, 0.1) is 24.3 Å². The molecule has 21 heteroatoms. The number of carboxylic acid groups (broad SMARTS) is 3. The van der Waals surface area contributed by atoms with Crippen LogP contribution in [0.1, 0.15) is 28.8 Å². The van der Waals surface area contributed by atoms with E-state index in [0.717, 1.165) is 32.5 Å². The molecule has 0 aliphatic carbocycles. The number of aliphatic carboxylic acids is 3. The van der Waals surface area contributed by atoms with Crippen molar-refractivity contribution in [3.05, 3.63) is 60.2 Å². The molecule has 0 bridgehead atoms. The number of carbonyl (C=O) groups excluding carboxylic acids is 1. The van der Waals surface area contributed by atoms with Crippen LogP contribution in [0.25, 0.3) is 0 Å². The minimum atomic E-state index is -5.08. The average molecular weight is 695 g/mol. The third-order valence-corrected chi connectivity index (χ3v) is 6.07. The number of rotatable bonds is 3. The Bertz CT molecular complexity index is 1250. The Balaban J connectivity index is 0.000000430. The lowest BCUT2D eigenvalue weighted by molar-refractivity contribution is -0.193. The summed E-state index contributed by atoms with van der Waals surface area (Å²) in [6.45, 7) is 4.79. The number of hydrogen-bond acceptors (Lipinski definition) is 8. The topological polar surface area (TPSA) is 170 Å². The zero-order valence-electron chi connectivity index (χ0n) is 23.8. The lowest BCUT2D eigenvalue weighted by Gasteiger charge is -2.47. The SMILES string of the molecule is O=C(O)C(F)(F)F.O=C(O)C(F)(F)F.O=C(O)C(F)(F)F.O=C(c1cccnc1)N1CCOC2(CCN(Cc3cccnc3)CC2)C1. The third-order valence-electron chi connectivity index (χ3n) is 6.07. The van der Waals surface area contributed by atoms with E-state index >= 15 is 0 Å². The van der Waals surface area contributed by atoms with Gasteiger partial charge in [0.25, 0.3) is 5.91 Å². The number of hydrogen-bond donors (Lipinski definition) is 3. The molecule has 12 nitrogen and oxygen atoms in total. The first-order valence-electron chi connectivity index (χ1n) is 12.9. The van der Waals surface area contributed by atoms with E-state index in [0.29, 0.717) is 25.3 Å². The van der Waals surface area contributed by atoms with Gasteiger partial charge in [0.15, 0.2) is 0 Å². The van der Waals surface area contributed by atoms with E-state index in [9.17, 15) is 44.3 Å². The van der Waals surface area contributed by atoms with Gasteiger partial charge < -0.3 is 25.0 Å². The summed E-state index contributed by atoms with van der Waals surface area (Å²) in [5.74, 6) is -8.22. The minimum Gasteiger partial charge on any atom is -0.475 e. The molecule has 0 atom stereocenters. The maximum atomic E-state index is 12.7. The van der Waals surface area contributed by atoms with Crippen molar-refractivity contribution in [2.75, 3.05) is 32.8 Å². The van der Waals surface area contributed by atoms with E-state index < -0.39 is 36.4 Å². The molecule has 4 rings (SSSR count). The first-order chi connectivity index (χ1) is 21.6. The summed E-state index contributed by atoms with van der Waals surface area (Å²) >= 11 is 0. The summed E-state index contributed by atoms with van der Waals surface area (Å²) in [6.07, 6.45) is -6.29. The van der Waals surface area contributed by atoms with Gasteiger partial charge in [0, 0.05) is 51.0 Å². The molecule has 0 aromatic carbocycles. The number of alkyl halides is 9. The van der Waals surface area contributed by atoms with E-state index in [2.05, 4.69) is 20.9 Å². The Morgan fingerprint density at radius 2 is 1.19 bits per heavy atom. The van der Waals surface area contributed by atoms with Crippen LogP contribution in [0.4, 0.5) is 39.5 Å². The number of aromatic nitrogens is 2. The van der Waals surface area contributed by atoms with Crippen molar-refractivity contribution in [2.24, 2.45) is 0 Å². The first kappa shape index (κ1) is 40.5. The molecule has 2 aliphatic rings. The van der Waals surface area contributed by atoms with E-state index in [-0.39, 0.29) is 11.5 Å². The highest BCUT2D eigenvalue weighted by Gasteiger charge is 2.42. The Kier molecular flexibility index (Phi) is 15.0. The maximum Gasteiger partial charge on any atom is 0.490 e. The van der Waals surface area contributed by atoms with Crippen LogP contribution >= 0.6 is 0 Å². The van der Waals surface area contributed by atoms with Gasteiger partial charge in [-0.25, -0.2) is 14.4 Å². The number of pyridine rings is 2. The molecule has 2 aromatic heterocycles. The lowest BCUT2D eigenvalue weighted by Crippen LogP contribution is -2.57. The number of morpholine rings is 1. The van der Waals surface area contributed by atoms with E-state index in [1.807, 2.05) is 23.2 Å².